The van der Waals surface area contributed by atoms with Crippen molar-refractivity contribution >= 4 is 40.4 Å². The van der Waals surface area contributed by atoms with Crippen LogP contribution in [0.25, 0.3) is 10.7 Å². The highest BCUT2D eigenvalue weighted by Gasteiger charge is 2.25. The summed E-state index contributed by atoms with van der Waals surface area (Å²) >= 11 is 2.85. The molecular weight excluding hydrogens is 466 g/mol. The Morgan fingerprint density at radius 2 is 2.30 bits per heavy atom. The lowest BCUT2D eigenvalue weighted by molar-refractivity contribution is -0.384. The number of carbonyl (C=O) groups excluding carboxylic acids is 1. The summed E-state index contributed by atoms with van der Waals surface area (Å²) in [5.41, 5.74) is 0.104. The number of anilines is 1. The van der Waals surface area contributed by atoms with E-state index in [-0.39, 0.29) is 23.4 Å². The first kappa shape index (κ1) is 23.2. The van der Waals surface area contributed by atoms with Crippen molar-refractivity contribution in [2.75, 3.05) is 19.0 Å². The molecule has 0 aliphatic carbocycles. The summed E-state index contributed by atoms with van der Waals surface area (Å²) in [6.07, 6.45) is 2.07. The van der Waals surface area contributed by atoms with Crippen molar-refractivity contribution in [2.24, 2.45) is 0 Å². The monoisotopic (exact) mass is 489 g/mol. The highest BCUT2D eigenvalue weighted by atomic mass is 32.2. The molecule has 0 spiro atoms. The van der Waals surface area contributed by atoms with Crippen LogP contribution in [0.15, 0.2) is 40.9 Å². The number of amides is 1. The number of rotatable bonds is 9. The third kappa shape index (κ3) is 5.34. The zero-order valence-electron chi connectivity index (χ0n) is 18.1. The molecule has 174 valence electrons. The van der Waals surface area contributed by atoms with E-state index in [2.05, 4.69) is 15.5 Å². The lowest BCUT2D eigenvalue weighted by Gasteiger charge is -2.16. The Hall–Kier alpha value is -2.96. The van der Waals surface area contributed by atoms with Gasteiger partial charge in [0.15, 0.2) is 11.0 Å². The molecule has 1 aromatic carbocycles. The molecule has 10 nitrogen and oxygen atoms in total. The maximum Gasteiger partial charge on any atom is 0.271 e. The minimum Gasteiger partial charge on any atom is -0.495 e. The molecule has 1 amide bonds. The van der Waals surface area contributed by atoms with E-state index in [1.54, 1.807) is 18.3 Å². The molecule has 1 fully saturated rings. The van der Waals surface area contributed by atoms with Gasteiger partial charge in [-0.2, -0.15) is 0 Å². The van der Waals surface area contributed by atoms with E-state index < -0.39 is 10.2 Å². The number of benzene rings is 1. The van der Waals surface area contributed by atoms with Gasteiger partial charge in [0.05, 0.1) is 40.5 Å². The van der Waals surface area contributed by atoms with Crippen LogP contribution in [-0.2, 0) is 16.1 Å². The summed E-state index contributed by atoms with van der Waals surface area (Å²) in [4.78, 5) is 24.5. The number of non-ortho nitro benzene ring substituents is 1. The highest BCUT2D eigenvalue weighted by molar-refractivity contribution is 8.00. The molecular formula is C21H23N5O5S2. The quantitative estimate of drug-likeness (QED) is 0.269. The van der Waals surface area contributed by atoms with Gasteiger partial charge in [0.1, 0.15) is 5.75 Å². The molecule has 0 saturated carbocycles. The van der Waals surface area contributed by atoms with Crippen LogP contribution in [0.3, 0.4) is 0 Å². The number of methoxy groups -OCH3 is 1. The van der Waals surface area contributed by atoms with Crippen molar-refractivity contribution < 1.29 is 19.2 Å². The normalized spacial score (nSPS) is 16.5. The second kappa shape index (κ2) is 10.3. The van der Waals surface area contributed by atoms with Crippen molar-refractivity contribution in [3.63, 3.8) is 0 Å². The molecule has 1 saturated heterocycles. The summed E-state index contributed by atoms with van der Waals surface area (Å²) in [6.45, 7) is 3.10. The Morgan fingerprint density at radius 3 is 2.97 bits per heavy atom. The molecule has 3 aromatic rings. The maximum absolute atomic E-state index is 12.9. The van der Waals surface area contributed by atoms with Crippen molar-refractivity contribution in [3.8, 4) is 16.5 Å². The molecule has 2 aromatic heterocycles. The molecule has 0 bridgehead atoms. The third-order valence-corrected chi connectivity index (χ3v) is 7.12. The molecule has 0 radical (unpaired) electrons. The van der Waals surface area contributed by atoms with E-state index in [0.29, 0.717) is 17.5 Å². The third-order valence-electron chi connectivity index (χ3n) is 5.17. The average molecular weight is 490 g/mol. The molecule has 4 rings (SSSR count). The van der Waals surface area contributed by atoms with E-state index in [9.17, 15) is 14.9 Å². The van der Waals surface area contributed by atoms with Gasteiger partial charge >= 0.3 is 0 Å². The largest absolute Gasteiger partial charge is 0.495 e. The van der Waals surface area contributed by atoms with Gasteiger partial charge in [-0.15, -0.1) is 21.5 Å². The fourth-order valence-corrected chi connectivity index (χ4v) is 5.05. The van der Waals surface area contributed by atoms with Crippen LogP contribution >= 0.6 is 23.1 Å². The minimum atomic E-state index is -0.544. The Morgan fingerprint density at radius 1 is 1.45 bits per heavy atom. The van der Waals surface area contributed by atoms with Crippen LogP contribution in [0, 0.1) is 10.1 Å². The number of carbonyl (C=O) groups is 1. The second-order valence-corrected chi connectivity index (χ2v) is 9.68. The van der Waals surface area contributed by atoms with Gasteiger partial charge in [-0.1, -0.05) is 17.8 Å². The highest BCUT2D eigenvalue weighted by Crippen LogP contribution is 2.33. The number of thiophene rings is 1. The van der Waals surface area contributed by atoms with Gasteiger partial charge in [-0.05, 0) is 37.3 Å². The number of nitro benzene ring substituents is 1. The molecule has 0 unspecified atom stereocenters. The number of ether oxygens (including phenoxy) is 2. The zero-order chi connectivity index (χ0) is 23.4. The number of aromatic nitrogens is 3. The van der Waals surface area contributed by atoms with Crippen LogP contribution in [0.2, 0.25) is 0 Å². The summed E-state index contributed by atoms with van der Waals surface area (Å²) < 4.78 is 13.0. The van der Waals surface area contributed by atoms with Crippen molar-refractivity contribution in [3.05, 3.63) is 45.8 Å². The Kier molecular flexibility index (Phi) is 7.26. The van der Waals surface area contributed by atoms with Crippen LogP contribution in [0.4, 0.5) is 11.4 Å². The summed E-state index contributed by atoms with van der Waals surface area (Å²) in [7, 11) is 1.44. The topological polar surface area (TPSA) is 121 Å². The van der Waals surface area contributed by atoms with Crippen molar-refractivity contribution in [2.45, 2.75) is 42.8 Å². The van der Waals surface area contributed by atoms with Crippen LogP contribution < -0.4 is 10.1 Å². The Labute approximate surface area is 198 Å². The maximum atomic E-state index is 12.9. The number of nitrogens with one attached hydrogen (secondary N) is 1. The number of hydrogen-bond donors (Lipinski definition) is 1. The van der Waals surface area contributed by atoms with Gasteiger partial charge < -0.3 is 14.8 Å². The van der Waals surface area contributed by atoms with E-state index >= 15 is 0 Å². The van der Waals surface area contributed by atoms with Crippen LogP contribution in [0.1, 0.15) is 19.8 Å². The zero-order valence-corrected chi connectivity index (χ0v) is 19.7. The molecule has 3 heterocycles. The number of thioether (sulfide) groups is 1. The first-order chi connectivity index (χ1) is 16.0. The van der Waals surface area contributed by atoms with Gasteiger partial charge in [0.2, 0.25) is 5.91 Å². The molecule has 12 heteroatoms. The van der Waals surface area contributed by atoms with Crippen molar-refractivity contribution in [1.29, 1.82) is 0 Å². The van der Waals surface area contributed by atoms with Crippen LogP contribution in [0.5, 0.6) is 5.75 Å². The molecule has 2 atom stereocenters. The minimum absolute atomic E-state index is 0.0809. The van der Waals surface area contributed by atoms with Crippen LogP contribution in [-0.4, -0.2) is 50.7 Å². The van der Waals surface area contributed by atoms with E-state index in [1.165, 1.54) is 37.1 Å². The van der Waals surface area contributed by atoms with E-state index in [4.69, 9.17) is 9.47 Å². The lowest BCUT2D eigenvalue weighted by atomic mass is 10.2. The molecule has 1 aliphatic rings. The lowest BCUT2D eigenvalue weighted by Crippen LogP contribution is -2.24. The summed E-state index contributed by atoms with van der Waals surface area (Å²) in [5, 5.41) is 24.6. The van der Waals surface area contributed by atoms with E-state index in [0.717, 1.165) is 30.2 Å². The first-order valence-electron chi connectivity index (χ1n) is 10.3. The first-order valence-corrected chi connectivity index (χ1v) is 12.1. The van der Waals surface area contributed by atoms with Crippen molar-refractivity contribution in [1.82, 2.24) is 14.8 Å². The van der Waals surface area contributed by atoms with Gasteiger partial charge in [0.25, 0.3) is 5.69 Å². The van der Waals surface area contributed by atoms with Gasteiger partial charge in [-0.25, -0.2) is 0 Å². The molecule has 1 N–H and O–H groups in total. The summed E-state index contributed by atoms with van der Waals surface area (Å²) in [6, 6.07) is 8.01. The summed E-state index contributed by atoms with van der Waals surface area (Å²) in [5.74, 6) is 0.756. The predicted octanol–water partition coefficient (Wildman–Crippen LogP) is 4.22. The number of nitrogens with zero attached hydrogens (tertiary/aromatic N) is 4. The van der Waals surface area contributed by atoms with Gasteiger partial charge in [-0.3, -0.25) is 19.5 Å². The Bertz CT molecular complexity index is 1130. The standard InChI is InChI=1S/C21H23N5O5S2/c1-13(20(27)22-16-11-14(26(28)29)7-8-17(16)30-2)33-21-24-23-19(18-6-4-10-32-18)25(21)12-15-5-3-9-31-15/h4,6-8,10-11,13,15H,3,5,9,12H2,1-2H3,(H,22,27)/t13-,15-/m0/s1. The second-order valence-electron chi connectivity index (χ2n) is 7.42. The van der Waals surface area contributed by atoms with Gasteiger partial charge in [0, 0.05) is 18.7 Å². The molecule has 33 heavy (non-hydrogen) atoms. The number of hydrogen-bond acceptors (Lipinski definition) is 9. The predicted molar refractivity (Wildman–Crippen MR) is 126 cm³/mol. The SMILES string of the molecule is COc1ccc([N+](=O)[O-])cc1NC(=O)[C@H](C)Sc1nnc(-c2cccs2)n1C[C@@H]1CCCO1. The average Bonchev–Trinajstić information content (AvgIpc) is 3.57. The Balaban J connectivity index is 1.53. The smallest absolute Gasteiger partial charge is 0.271 e. The van der Waals surface area contributed by atoms with E-state index in [1.807, 2.05) is 22.1 Å². The fourth-order valence-electron chi connectivity index (χ4n) is 3.47. The fraction of sp³-hybridized carbons (Fsp3) is 0.381. The number of nitro groups is 1. The molecule has 1 aliphatic heterocycles.